The fraction of sp³-hybridized carbons (Fsp3) is 0.176. The molecule has 2 heterocycles. The molecule has 2 aromatic heterocycles. The maximum Gasteiger partial charge on any atom is 0.274 e. The van der Waals surface area contributed by atoms with Gasteiger partial charge >= 0.3 is 0 Å². The monoisotopic (exact) mass is 307 g/mol. The lowest BCUT2D eigenvalue weighted by Gasteiger charge is -2.08. The Kier molecular flexibility index (Phi) is 3.89. The molecular weight excluding hydrogens is 290 g/mol. The van der Waals surface area contributed by atoms with Crippen molar-refractivity contribution >= 4 is 11.6 Å². The van der Waals surface area contributed by atoms with Crippen LogP contribution in [0.4, 0.5) is 5.69 Å². The van der Waals surface area contributed by atoms with Crippen molar-refractivity contribution in [3.05, 3.63) is 65.8 Å². The van der Waals surface area contributed by atoms with Gasteiger partial charge in [-0.25, -0.2) is 15.0 Å². The number of imidazole rings is 1. The second kappa shape index (κ2) is 6.00. The van der Waals surface area contributed by atoms with Gasteiger partial charge in [0.2, 0.25) is 0 Å². The topological polar surface area (TPSA) is 72.7 Å². The lowest BCUT2D eigenvalue weighted by molar-refractivity contribution is 0.102. The van der Waals surface area contributed by atoms with Gasteiger partial charge in [-0.05, 0) is 51.1 Å². The lowest BCUT2D eigenvalue weighted by Crippen LogP contribution is -2.14. The zero-order valence-electron chi connectivity index (χ0n) is 13.2. The molecule has 0 unspecified atom stereocenters. The molecule has 0 atom stereocenters. The average Bonchev–Trinajstić information content (AvgIpc) is 2.88. The number of hydrogen-bond donors (Lipinski definition) is 1. The van der Waals surface area contributed by atoms with E-state index in [0.29, 0.717) is 17.2 Å². The number of anilines is 1. The predicted octanol–water partition coefficient (Wildman–Crippen LogP) is 2.84. The Bertz CT molecular complexity index is 852. The molecule has 0 bridgehead atoms. The summed E-state index contributed by atoms with van der Waals surface area (Å²) in [4.78, 5) is 24.6. The van der Waals surface area contributed by atoms with E-state index in [-0.39, 0.29) is 5.91 Å². The largest absolute Gasteiger partial charge is 0.321 e. The molecule has 1 aromatic carbocycles. The maximum absolute atomic E-state index is 12.2. The summed E-state index contributed by atoms with van der Waals surface area (Å²) in [5, 5.41) is 2.83. The molecule has 23 heavy (non-hydrogen) atoms. The standard InChI is InChI=1S/C17H17N5O/c1-11-12(2)22(10-19-11)15-6-4-14(5-7-15)21-17(23)16-8-9-18-13(3)20-16/h4-10H,1-3H3,(H,21,23). The molecule has 3 rings (SSSR count). The molecule has 0 aliphatic heterocycles. The van der Waals surface area contributed by atoms with Gasteiger partial charge in [-0.1, -0.05) is 0 Å². The van der Waals surface area contributed by atoms with Gasteiger partial charge in [0.15, 0.2) is 0 Å². The Morgan fingerprint density at radius 2 is 1.78 bits per heavy atom. The summed E-state index contributed by atoms with van der Waals surface area (Å²) in [6.45, 7) is 5.75. The van der Waals surface area contributed by atoms with Crippen molar-refractivity contribution < 1.29 is 4.79 Å². The van der Waals surface area contributed by atoms with Crippen molar-refractivity contribution in [2.75, 3.05) is 5.32 Å². The third-order valence-corrected chi connectivity index (χ3v) is 3.66. The average molecular weight is 307 g/mol. The van der Waals surface area contributed by atoms with Crippen LogP contribution >= 0.6 is 0 Å². The summed E-state index contributed by atoms with van der Waals surface area (Å²) < 4.78 is 2.01. The number of rotatable bonds is 3. The molecule has 6 heteroatoms. The molecule has 0 radical (unpaired) electrons. The fourth-order valence-corrected chi connectivity index (χ4v) is 2.24. The van der Waals surface area contributed by atoms with Crippen LogP contribution in [0, 0.1) is 20.8 Å². The number of aryl methyl sites for hydroxylation is 2. The Morgan fingerprint density at radius 3 is 2.39 bits per heavy atom. The van der Waals surface area contributed by atoms with E-state index in [0.717, 1.165) is 17.1 Å². The number of benzene rings is 1. The quantitative estimate of drug-likeness (QED) is 0.807. The van der Waals surface area contributed by atoms with Crippen LogP contribution in [-0.2, 0) is 0 Å². The van der Waals surface area contributed by atoms with Gasteiger partial charge in [0.25, 0.3) is 5.91 Å². The van der Waals surface area contributed by atoms with E-state index >= 15 is 0 Å². The van der Waals surface area contributed by atoms with Gasteiger partial charge in [0, 0.05) is 23.3 Å². The van der Waals surface area contributed by atoms with E-state index < -0.39 is 0 Å². The molecule has 0 aliphatic carbocycles. The second-order valence-corrected chi connectivity index (χ2v) is 5.28. The van der Waals surface area contributed by atoms with Crippen LogP contribution in [0.5, 0.6) is 0 Å². The Labute approximate surface area is 134 Å². The van der Waals surface area contributed by atoms with Crippen molar-refractivity contribution in [1.29, 1.82) is 0 Å². The molecule has 116 valence electrons. The first-order valence-corrected chi connectivity index (χ1v) is 7.26. The zero-order valence-corrected chi connectivity index (χ0v) is 13.2. The summed E-state index contributed by atoms with van der Waals surface area (Å²) >= 11 is 0. The van der Waals surface area contributed by atoms with Crippen LogP contribution in [0.15, 0.2) is 42.9 Å². The number of carbonyl (C=O) groups is 1. The molecule has 0 fully saturated rings. The van der Waals surface area contributed by atoms with Gasteiger partial charge in [-0.15, -0.1) is 0 Å². The molecular formula is C17H17N5O. The van der Waals surface area contributed by atoms with Crippen molar-refractivity contribution in [2.45, 2.75) is 20.8 Å². The number of aromatic nitrogens is 4. The van der Waals surface area contributed by atoms with E-state index in [9.17, 15) is 4.79 Å². The van der Waals surface area contributed by atoms with E-state index in [1.165, 1.54) is 0 Å². The molecule has 0 aliphatic rings. The number of amides is 1. The molecule has 1 amide bonds. The summed E-state index contributed by atoms with van der Waals surface area (Å²) in [6.07, 6.45) is 3.37. The molecule has 3 aromatic rings. The molecule has 1 N–H and O–H groups in total. The van der Waals surface area contributed by atoms with Crippen molar-refractivity contribution in [2.24, 2.45) is 0 Å². The highest BCUT2D eigenvalue weighted by Gasteiger charge is 2.09. The first-order chi connectivity index (χ1) is 11.0. The normalized spacial score (nSPS) is 10.6. The van der Waals surface area contributed by atoms with Crippen LogP contribution in [-0.4, -0.2) is 25.4 Å². The third-order valence-electron chi connectivity index (χ3n) is 3.66. The Balaban J connectivity index is 1.78. The van der Waals surface area contributed by atoms with E-state index in [2.05, 4.69) is 20.3 Å². The van der Waals surface area contributed by atoms with Crippen LogP contribution < -0.4 is 5.32 Å². The summed E-state index contributed by atoms with van der Waals surface area (Å²) in [7, 11) is 0. The van der Waals surface area contributed by atoms with Crippen molar-refractivity contribution in [3.63, 3.8) is 0 Å². The van der Waals surface area contributed by atoms with E-state index in [1.54, 1.807) is 25.5 Å². The van der Waals surface area contributed by atoms with Crippen LogP contribution in [0.25, 0.3) is 5.69 Å². The second-order valence-electron chi connectivity index (χ2n) is 5.28. The number of nitrogens with zero attached hydrogens (tertiary/aromatic N) is 4. The van der Waals surface area contributed by atoms with Crippen LogP contribution in [0.1, 0.15) is 27.7 Å². The number of nitrogens with one attached hydrogen (secondary N) is 1. The molecule has 0 saturated heterocycles. The first-order valence-electron chi connectivity index (χ1n) is 7.26. The Morgan fingerprint density at radius 1 is 1.04 bits per heavy atom. The minimum absolute atomic E-state index is 0.252. The highest BCUT2D eigenvalue weighted by atomic mass is 16.1. The number of hydrogen-bond acceptors (Lipinski definition) is 4. The third kappa shape index (κ3) is 3.11. The number of carbonyl (C=O) groups excluding carboxylic acids is 1. The van der Waals surface area contributed by atoms with Gasteiger partial charge in [0.05, 0.1) is 12.0 Å². The minimum Gasteiger partial charge on any atom is -0.321 e. The lowest BCUT2D eigenvalue weighted by atomic mass is 10.2. The zero-order chi connectivity index (χ0) is 16.4. The highest BCUT2D eigenvalue weighted by molar-refractivity contribution is 6.02. The Hall–Kier alpha value is -3.02. The van der Waals surface area contributed by atoms with E-state index in [1.807, 2.05) is 42.7 Å². The molecule has 6 nitrogen and oxygen atoms in total. The predicted molar refractivity (Wildman–Crippen MR) is 87.8 cm³/mol. The van der Waals surface area contributed by atoms with E-state index in [4.69, 9.17) is 0 Å². The SMILES string of the molecule is Cc1nccc(C(=O)Nc2ccc(-n3cnc(C)c3C)cc2)n1. The minimum atomic E-state index is -0.252. The summed E-state index contributed by atoms with van der Waals surface area (Å²) in [6, 6.07) is 9.18. The smallest absolute Gasteiger partial charge is 0.274 e. The van der Waals surface area contributed by atoms with Crippen LogP contribution in [0.3, 0.4) is 0 Å². The maximum atomic E-state index is 12.2. The van der Waals surface area contributed by atoms with Gasteiger partial charge in [-0.3, -0.25) is 4.79 Å². The highest BCUT2D eigenvalue weighted by Crippen LogP contribution is 2.17. The van der Waals surface area contributed by atoms with Gasteiger partial charge in [0.1, 0.15) is 11.5 Å². The van der Waals surface area contributed by atoms with Crippen molar-refractivity contribution in [3.8, 4) is 5.69 Å². The van der Waals surface area contributed by atoms with Crippen molar-refractivity contribution in [1.82, 2.24) is 19.5 Å². The molecule has 0 spiro atoms. The summed E-state index contributed by atoms with van der Waals surface area (Å²) in [5.41, 5.74) is 4.16. The van der Waals surface area contributed by atoms with Gasteiger partial charge < -0.3 is 9.88 Å². The van der Waals surface area contributed by atoms with Gasteiger partial charge in [-0.2, -0.15) is 0 Å². The fourth-order valence-electron chi connectivity index (χ4n) is 2.24. The first kappa shape index (κ1) is 14.9. The summed E-state index contributed by atoms with van der Waals surface area (Å²) in [5.74, 6) is 0.317. The van der Waals surface area contributed by atoms with Crippen LogP contribution in [0.2, 0.25) is 0 Å². The molecule has 0 saturated carbocycles.